The fourth-order valence-corrected chi connectivity index (χ4v) is 6.79. The van der Waals surface area contributed by atoms with Gasteiger partial charge in [0.25, 0.3) is 10.0 Å². The molecule has 0 spiro atoms. The van der Waals surface area contributed by atoms with Crippen LogP contribution in [0.5, 0.6) is 0 Å². The molecule has 0 aromatic heterocycles. The van der Waals surface area contributed by atoms with E-state index in [-0.39, 0.29) is 29.8 Å². The highest BCUT2D eigenvalue weighted by molar-refractivity contribution is 7.92. The molecular weight excluding hydrogens is 629 g/mol. The molecule has 0 saturated heterocycles. The Morgan fingerprint density at radius 3 is 2.13 bits per heavy atom. The summed E-state index contributed by atoms with van der Waals surface area (Å²) >= 11 is 12.7. The van der Waals surface area contributed by atoms with E-state index in [1.807, 2.05) is 64.1 Å². The first-order chi connectivity index (χ1) is 21.3. The number of carbonyl (C=O) groups excluding carboxylic acids is 2. The van der Waals surface area contributed by atoms with Crippen LogP contribution in [0.4, 0.5) is 5.69 Å². The zero-order valence-corrected chi connectivity index (χ0v) is 28.0. The second-order valence-corrected chi connectivity index (χ2v) is 14.0. The van der Waals surface area contributed by atoms with Crippen molar-refractivity contribution < 1.29 is 18.0 Å². The van der Waals surface area contributed by atoms with Gasteiger partial charge in [0.05, 0.1) is 10.6 Å². The minimum absolute atomic E-state index is 0.0492. The Kier molecular flexibility index (Phi) is 11.3. The first-order valence-electron chi connectivity index (χ1n) is 14.6. The van der Waals surface area contributed by atoms with Crippen LogP contribution in [0.15, 0.2) is 102 Å². The Hall–Kier alpha value is -3.85. The van der Waals surface area contributed by atoms with Crippen molar-refractivity contribution in [3.8, 4) is 0 Å². The SMILES string of the molecule is Cc1ccc(S(=O)(=O)N(CC(=O)N(Cc2ccc(Cl)cc2Cl)[C@@H](Cc2ccccc2)C(=O)NC(C)C)c2cccc(C)c2)cc1. The number of hydrogen-bond donors (Lipinski definition) is 1. The number of carbonyl (C=O) groups is 2. The summed E-state index contributed by atoms with van der Waals surface area (Å²) in [5.74, 6) is -0.936. The summed E-state index contributed by atoms with van der Waals surface area (Å²) in [6, 6.07) is 26.6. The molecule has 4 aromatic carbocycles. The van der Waals surface area contributed by atoms with Crippen LogP contribution < -0.4 is 9.62 Å². The predicted octanol–water partition coefficient (Wildman–Crippen LogP) is 6.97. The van der Waals surface area contributed by atoms with Gasteiger partial charge in [-0.3, -0.25) is 13.9 Å². The van der Waals surface area contributed by atoms with E-state index in [1.54, 1.807) is 48.5 Å². The smallest absolute Gasteiger partial charge is 0.264 e. The summed E-state index contributed by atoms with van der Waals surface area (Å²) < 4.78 is 29.4. The van der Waals surface area contributed by atoms with Crippen molar-refractivity contribution in [1.29, 1.82) is 0 Å². The third-order valence-corrected chi connectivity index (χ3v) is 9.61. The molecule has 0 unspecified atom stereocenters. The fraction of sp³-hybridized carbons (Fsp3) is 0.257. The number of sulfonamides is 1. The monoisotopic (exact) mass is 665 g/mol. The Morgan fingerprint density at radius 2 is 1.51 bits per heavy atom. The molecule has 1 N–H and O–H groups in total. The van der Waals surface area contributed by atoms with Gasteiger partial charge in [-0.25, -0.2) is 8.42 Å². The largest absolute Gasteiger partial charge is 0.352 e. The second kappa shape index (κ2) is 15.0. The number of amides is 2. The van der Waals surface area contributed by atoms with Gasteiger partial charge >= 0.3 is 0 Å². The van der Waals surface area contributed by atoms with E-state index in [2.05, 4.69) is 5.32 Å². The lowest BCUT2D eigenvalue weighted by Crippen LogP contribution is -2.54. The molecule has 0 fully saturated rings. The van der Waals surface area contributed by atoms with Crippen LogP contribution in [0.3, 0.4) is 0 Å². The molecule has 4 rings (SSSR count). The maximum atomic E-state index is 14.5. The van der Waals surface area contributed by atoms with Crippen molar-refractivity contribution >= 4 is 50.7 Å². The van der Waals surface area contributed by atoms with E-state index in [0.717, 1.165) is 21.0 Å². The van der Waals surface area contributed by atoms with Crippen LogP contribution in [0.2, 0.25) is 10.0 Å². The number of hydrogen-bond acceptors (Lipinski definition) is 4. The molecule has 4 aromatic rings. The van der Waals surface area contributed by atoms with Crippen LogP contribution in [0, 0.1) is 13.8 Å². The lowest BCUT2D eigenvalue weighted by atomic mass is 10.0. The average molecular weight is 667 g/mol. The van der Waals surface area contributed by atoms with Crippen molar-refractivity contribution in [2.75, 3.05) is 10.8 Å². The minimum atomic E-state index is -4.18. The Bertz CT molecular complexity index is 1750. The third-order valence-electron chi connectivity index (χ3n) is 7.24. The van der Waals surface area contributed by atoms with Crippen LogP contribution in [-0.4, -0.2) is 43.8 Å². The van der Waals surface area contributed by atoms with E-state index in [1.165, 1.54) is 17.0 Å². The predicted molar refractivity (Wildman–Crippen MR) is 181 cm³/mol. The van der Waals surface area contributed by atoms with Crippen molar-refractivity contribution in [2.24, 2.45) is 0 Å². The summed E-state index contributed by atoms with van der Waals surface area (Å²) in [5.41, 5.74) is 3.46. The first kappa shape index (κ1) is 34.0. The summed E-state index contributed by atoms with van der Waals surface area (Å²) in [7, 11) is -4.18. The van der Waals surface area contributed by atoms with Gasteiger partial charge in [0, 0.05) is 29.1 Å². The lowest BCUT2D eigenvalue weighted by molar-refractivity contribution is -0.140. The summed E-state index contributed by atoms with van der Waals surface area (Å²) in [4.78, 5) is 29.8. The van der Waals surface area contributed by atoms with E-state index in [4.69, 9.17) is 23.2 Å². The molecule has 0 bridgehead atoms. The van der Waals surface area contributed by atoms with E-state index >= 15 is 0 Å². The molecule has 7 nitrogen and oxygen atoms in total. The molecule has 0 radical (unpaired) electrons. The highest BCUT2D eigenvalue weighted by Crippen LogP contribution is 2.28. The summed E-state index contributed by atoms with van der Waals surface area (Å²) in [5, 5.41) is 3.69. The molecular formula is C35H37Cl2N3O4S. The fourth-order valence-electron chi connectivity index (χ4n) is 4.92. The van der Waals surface area contributed by atoms with Crippen LogP contribution in [0.1, 0.15) is 36.1 Å². The van der Waals surface area contributed by atoms with Crippen LogP contribution in [-0.2, 0) is 32.6 Å². The van der Waals surface area contributed by atoms with Gasteiger partial charge in [-0.1, -0.05) is 89.4 Å². The van der Waals surface area contributed by atoms with Crippen molar-refractivity contribution in [1.82, 2.24) is 10.2 Å². The lowest BCUT2D eigenvalue weighted by Gasteiger charge is -2.34. The highest BCUT2D eigenvalue weighted by Gasteiger charge is 2.35. The van der Waals surface area contributed by atoms with E-state index in [0.29, 0.717) is 21.3 Å². The first-order valence-corrected chi connectivity index (χ1v) is 16.8. The number of nitrogens with zero attached hydrogens (tertiary/aromatic N) is 2. The molecule has 2 amide bonds. The molecule has 10 heteroatoms. The average Bonchev–Trinajstić information content (AvgIpc) is 2.98. The number of halogens is 2. The standard InChI is InChI=1S/C35H37Cl2N3O4S/c1-24(2)38-35(42)33(20-27-10-6-5-7-11-27)39(22-28-15-16-29(36)21-32(28)37)34(41)23-40(30-12-8-9-26(4)19-30)45(43,44)31-17-13-25(3)14-18-31/h5-19,21,24,33H,20,22-23H2,1-4H3,(H,38,42)/t33-/m0/s1. The van der Waals surface area contributed by atoms with Gasteiger partial charge in [0.2, 0.25) is 11.8 Å². The molecule has 0 aliphatic carbocycles. The molecule has 0 aliphatic heterocycles. The van der Waals surface area contributed by atoms with Crippen molar-refractivity contribution in [3.63, 3.8) is 0 Å². The number of rotatable bonds is 12. The highest BCUT2D eigenvalue weighted by atomic mass is 35.5. The second-order valence-electron chi connectivity index (χ2n) is 11.3. The number of benzene rings is 4. The molecule has 0 saturated carbocycles. The Labute approximate surface area is 275 Å². The zero-order chi connectivity index (χ0) is 32.7. The van der Waals surface area contributed by atoms with Crippen LogP contribution in [0.25, 0.3) is 0 Å². The maximum Gasteiger partial charge on any atom is 0.264 e. The molecule has 45 heavy (non-hydrogen) atoms. The number of aryl methyl sites for hydroxylation is 2. The Balaban J connectivity index is 1.83. The summed E-state index contributed by atoms with van der Waals surface area (Å²) in [6.07, 6.45) is 0.200. The van der Waals surface area contributed by atoms with E-state index < -0.39 is 28.5 Å². The van der Waals surface area contributed by atoms with Gasteiger partial charge < -0.3 is 10.2 Å². The van der Waals surface area contributed by atoms with Crippen molar-refractivity contribution in [3.05, 3.63) is 129 Å². The summed E-state index contributed by atoms with van der Waals surface area (Å²) in [6.45, 7) is 6.80. The number of nitrogens with one attached hydrogen (secondary N) is 1. The zero-order valence-electron chi connectivity index (χ0n) is 25.7. The molecule has 0 aliphatic rings. The van der Waals surface area contributed by atoms with Gasteiger partial charge in [0.15, 0.2) is 0 Å². The van der Waals surface area contributed by atoms with Gasteiger partial charge in [-0.05, 0) is 80.8 Å². The minimum Gasteiger partial charge on any atom is -0.352 e. The third kappa shape index (κ3) is 8.87. The van der Waals surface area contributed by atoms with E-state index in [9.17, 15) is 18.0 Å². The maximum absolute atomic E-state index is 14.5. The Morgan fingerprint density at radius 1 is 0.822 bits per heavy atom. The molecule has 1 atom stereocenters. The van der Waals surface area contributed by atoms with Gasteiger partial charge in [0.1, 0.15) is 12.6 Å². The van der Waals surface area contributed by atoms with Crippen molar-refractivity contribution in [2.45, 2.75) is 57.6 Å². The van der Waals surface area contributed by atoms with Crippen LogP contribution >= 0.6 is 23.2 Å². The number of anilines is 1. The molecule has 236 valence electrons. The topological polar surface area (TPSA) is 86.8 Å². The quantitative estimate of drug-likeness (QED) is 0.177. The molecule has 0 heterocycles. The van der Waals surface area contributed by atoms with Gasteiger partial charge in [-0.15, -0.1) is 0 Å². The normalized spacial score (nSPS) is 12.1. The van der Waals surface area contributed by atoms with Gasteiger partial charge in [-0.2, -0.15) is 0 Å².